The van der Waals surface area contributed by atoms with E-state index >= 15 is 0 Å². The van der Waals surface area contributed by atoms with E-state index in [9.17, 15) is 0 Å². The first-order chi connectivity index (χ1) is 4.43. The van der Waals surface area contributed by atoms with Gasteiger partial charge in [0.2, 0.25) is 0 Å². The molecule has 0 amide bonds. The molecule has 0 saturated carbocycles. The summed E-state index contributed by atoms with van der Waals surface area (Å²) >= 11 is 0. The van der Waals surface area contributed by atoms with Gasteiger partial charge >= 0.3 is 0 Å². The fourth-order valence-corrected chi connectivity index (χ4v) is 0.951. The quantitative estimate of drug-likeness (QED) is 0.534. The summed E-state index contributed by atoms with van der Waals surface area (Å²) < 4.78 is 10.2. The number of rotatable bonds is 3. The first kappa shape index (κ1) is 6.62. The third kappa shape index (κ3) is 2.06. The number of hydrogen-bond acceptors (Lipinski definition) is 2. The third-order valence-electron chi connectivity index (χ3n) is 1.42. The summed E-state index contributed by atoms with van der Waals surface area (Å²) in [4.78, 5) is 0. The molecule has 1 heterocycles. The van der Waals surface area contributed by atoms with Crippen LogP contribution in [0.1, 0.15) is 12.8 Å². The van der Waals surface area contributed by atoms with Crippen LogP contribution in [-0.2, 0) is 9.47 Å². The Labute approximate surface area is 55.5 Å². The van der Waals surface area contributed by atoms with E-state index in [4.69, 9.17) is 9.47 Å². The average Bonchev–Trinajstić information content (AvgIpc) is 2.34. The Hall–Kier alpha value is -0.500. The first-order valence-corrected chi connectivity index (χ1v) is 3.27. The van der Waals surface area contributed by atoms with Crippen molar-refractivity contribution >= 4 is 0 Å². The van der Waals surface area contributed by atoms with Crippen molar-refractivity contribution in [2.75, 3.05) is 13.2 Å². The van der Waals surface area contributed by atoms with Gasteiger partial charge in [-0.1, -0.05) is 6.58 Å². The van der Waals surface area contributed by atoms with Crippen molar-refractivity contribution in [3.8, 4) is 0 Å². The van der Waals surface area contributed by atoms with Crippen LogP contribution < -0.4 is 0 Å². The fraction of sp³-hybridized carbons (Fsp3) is 0.714. The molecular weight excluding hydrogens is 116 g/mol. The molecule has 2 nitrogen and oxygen atoms in total. The molecule has 0 aromatic carbocycles. The van der Waals surface area contributed by atoms with E-state index in [0.29, 0.717) is 12.7 Å². The molecule has 0 radical (unpaired) electrons. The Kier molecular flexibility index (Phi) is 2.58. The molecule has 9 heavy (non-hydrogen) atoms. The molecule has 0 aromatic heterocycles. The van der Waals surface area contributed by atoms with Crippen LogP contribution in [0, 0.1) is 0 Å². The largest absolute Gasteiger partial charge is 0.499 e. The summed E-state index contributed by atoms with van der Waals surface area (Å²) in [7, 11) is 0. The highest BCUT2D eigenvalue weighted by Crippen LogP contribution is 2.11. The van der Waals surface area contributed by atoms with Crippen molar-refractivity contribution in [3.05, 3.63) is 12.8 Å². The van der Waals surface area contributed by atoms with Gasteiger partial charge in [-0.15, -0.1) is 0 Å². The van der Waals surface area contributed by atoms with Crippen LogP contribution in [0.25, 0.3) is 0 Å². The van der Waals surface area contributed by atoms with E-state index in [2.05, 4.69) is 6.58 Å². The lowest BCUT2D eigenvalue weighted by Gasteiger charge is -2.06. The SMILES string of the molecule is C=COCC1CCCO1. The fourth-order valence-electron chi connectivity index (χ4n) is 0.951. The summed E-state index contributed by atoms with van der Waals surface area (Å²) in [6.45, 7) is 5.01. The molecular formula is C7H12O2. The lowest BCUT2D eigenvalue weighted by Crippen LogP contribution is -2.11. The maximum absolute atomic E-state index is 5.28. The monoisotopic (exact) mass is 128 g/mol. The van der Waals surface area contributed by atoms with Gasteiger partial charge in [0.15, 0.2) is 0 Å². The smallest absolute Gasteiger partial charge is 0.113 e. The second-order valence-electron chi connectivity index (χ2n) is 2.14. The minimum atomic E-state index is 0.322. The highest BCUT2D eigenvalue weighted by atomic mass is 16.5. The Morgan fingerprint density at radius 3 is 3.22 bits per heavy atom. The Balaban J connectivity index is 2.04. The normalized spacial score (nSPS) is 26.0. The van der Waals surface area contributed by atoms with E-state index in [1.165, 1.54) is 12.7 Å². The van der Waals surface area contributed by atoms with E-state index in [0.717, 1.165) is 13.0 Å². The second-order valence-corrected chi connectivity index (χ2v) is 2.14. The minimum Gasteiger partial charge on any atom is -0.499 e. The summed E-state index contributed by atoms with van der Waals surface area (Å²) in [5.74, 6) is 0. The third-order valence-corrected chi connectivity index (χ3v) is 1.42. The zero-order valence-corrected chi connectivity index (χ0v) is 5.51. The molecule has 1 aliphatic heterocycles. The maximum atomic E-state index is 5.28. The van der Waals surface area contributed by atoms with Crippen LogP contribution >= 0.6 is 0 Å². The predicted molar refractivity (Wildman–Crippen MR) is 35.1 cm³/mol. The zero-order chi connectivity index (χ0) is 6.53. The van der Waals surface area contributed by atoms with Gasteiger partial charge in [0.05, 0.1) is 12.4 Å². The summed E-state index contributed by atoms with van der Waals surface area (Å²) in [5, 5.41) is 0. The highest BCUT2D eigenvalue weighted by Gasteiger charge is 2.14. The minimum absolute atomic E-state index is 0.322. The average molecular weight is 128 g/mol. The Bertz CT molecular complexity index is 84.9. The number of hydrogen-bond donors (Lipinski definition) is 0. The van der Waals surface area contributed by atoms with Crippen molar-refractivity contribution in [3.63, 3.8) is 0 Å². The summed E-state index contributed by atoms with van der Waals surface area (Å²) in [6, 6.07) is 0. The lowest BCUT2D eigenvalue weighted by molar-refractivity contribution is 0.0522. The first-order valence-electron chi connectivity index (χ1n) is 3.27. The van der Waals surface area contributed by atoms with Crippen molar-refractivity contribution in [2.45, 2.75) is 18.9 Å². The zero-order valence-electron chi connectivity index (χ0n) is 5.51. The molecule has 0 bridgehead atoms. The molecule has 1 unspecified atom stereocenters. The highest BCUT2D eigenvalue weighted by molar-refractivity contribution is 4.64. The van der Waals surface area contributed by atoms with Gasteiger partial charge < -0.3 is 9.47 Å². The van der Waals surface area contributed by atoms with Crippen LogP contribution in [0.15, 0.2) is 12.8 Å². The van der Waals surface area contributed by atoms with E-state index in [1.54, 1.807) is 0 Å². The van der Waals surface area contributed by atoms with E-state index in [1.807, 2.05) is 0 Å². The van der Waals surface area contributed by atoms with Gasteiger partial charge in [-0.2, -0.15) is 0 Å². The molecule has 1 rings (SSSR count). The predicted octanol–water partition coefficient (Wildman–Crippen LogP) is 1.33. The standard InChI is InChI=1S/C7H12O2/c1-2-8-6-7-4-3-5-9-7/h2,7H,1,3-6H2. The van der Waals surface area contributed by atoms with Gasteiger partial charge in [-0.25, -0.2) is 0 Å². The lowest BCUT2D eigenvalue weighted by atomic mass is 10.2. The van der Waals surface area contributed by atoms with Gasteiger partial charge in [0, 0.05) is 6.61 Å². The van der Waals surface area contributed by atoms with E-state index < -0.39 is 0 Å². The van der Waals surface area contributed by atoms with Crippen LogP contribution in [-0.4, -0.2) is 19.3 Å². The van der Waals surface area contributed by atoms with Gasteiger partial charge in [-0.05, 0) is 12.8 Å². The van der Waals surface area contributed by atoms with Crippen molar-refractivity contribution in [1.82, 2.24) is 0 Å². The summed E-state index contributed by atoms with van der Waals surface area (Å²) in [5.41, 5.74) is 0. The maximum Gasteiger partial charge on any atom is 0.113 e. The Morgan fingerprint density at radius 1 is 1.78 bits per heavy atom. The van der Waals surface area contributed by atoms with Crippen LogP contribution in [0.4, 0.5) is 0 Å². The van der Waals surface area contributed by atoms with Crippen molar-refractivity contribution in [2.24, 2.45) is 0 Å². The van der Waals surface area contributed by atoms with Crippen molar-refractivity contribution in [1.29, 1.82) is 0 Å². The molecule has 0 spiro atoms. The molecule has 0 aromatic rings. The van der Waals surface area contributed by atoms with Gasteiger partial charge in [0.1, 0.15) is 6.61 Å². The van der Waals surface area contributed by atoms with Crippen LogP contribution in [0.2, 0.25) is 0 Å². The molecule has 1 fully saturated rings. The summed E-state index contributed by atoms with van der Waals surface area (Å²) in [6.07, 6.45) is 4.09. The van der Waals surface area contributed by atoms with Crippen LogP contribution in [0.5, 0.6) is 0 Å². The molecule has 1 saturated heterocycles. The molecule has 0 aliphatic carbocycles. The number of ether oxygens (including phenoxy) is 2. The molecule has 2 heteroatoms. The van der Waals surface area contributed by atoms with Gasteiger partial charge in [0.25, 0.3) is 0 Å². The molecule has 52 valence electrons. The molecule has 1 atom stereocenters. The Morgan fingerprint density at radius 2 is 2.67 bits per heavy atom. The van der Waals surface area contributed by atoms with E-state index in [-0.39, 0.29) is 0 Å². The second kappa shape index (κ2) is 3.51. The molecule has 0 N–H and O–H groups in total. The molecule has 1 aliphatic rings. The van der Waals surface area contributed by atoms with Gasteiger partial charge in [-0.3, -0.25) is 0 Å². The van der Waals surface area contributed by atoms with Crippen LogP contribution in [0.3, 0.4) is 0 Å². The van der Waals surface area contributed by atoms with Crippen molar-refractivity contribution < 1.29 is 9.47 Å². The topological polar surface area (TPSA) is 18.5 Å².